The quantitative estimate of drug-likeness (QED) is 0.840. The third-order valence-corrected chi connectivity index (χ3v) is 7.73. The van der Waals surface area contributed by atoms with E-state index in [1.165, 1.54) is 31.5 Å². The maximum Gasteiger partial charge on any atom is 0.265 e. The molecule has 1 amide bonds. The lowest BCUT2D eigenvalue weighted by molar-refractivity contribution is 0.0787. The first kappa shape index (κ1) is 19.0. The third-order valence-electron chi connectivity index (χ3n) is 4.84. The van der Waals surface area contributed by atoms with Crippen LogP contribution in [0.2, 0.25) is 0 Å². The van der Waals surface area contributed by atoms with E-state index in [1.54, 1.807) is 10.3 Å². The van der Waals surface area contributed by atoms with Crippen molar-refractivity contribution in [2.75, 3.05) is 33.7 Å². The number of amides is 1. The minimum absolute atomic E-state index is 0.0740. The molecule has 1 aromatic carbocycles. The normalized spacial score (nSPS) is 20.7. The average molecular weight is 394 g/mol. The Morgan fingerprint density at radius 3 is 2.54 bits per heavy atom. The van der Waals surface area contributed by atoms with Gasteiger partial charge in [0.25, 0.3) is 5.91 Å². The second-order valence-electron chi connectivity index (χ2n) is 6.62. The number of thiophene rings is 1. The van der Waals surface area contributed by atoms with Gasteiger partial charge in [0.05, 0.1) is 0 Å². The number of hydrogen-bond acceptors (Lipinski definition) is 5. The molecule has 8 heteroatoms. The summed E-state index contributed by atoms with van der Waals surface area (Å²) in [6.45, 7) is 1.56. The van der Waals surface area contributed by atoms with Crippen LogP contribution in [0, 0.1) is 5.92 Å². The van der Waals surface area contributed by atoms with Crippen LogP contribution in [-0.2, 0) is 10.0 Å². The summed E-state index contributed by atoms with van der Waals surface area (Å²) in [5, 5.41) is 1.65. The van der Waals surface area contributed by atoms with Crippen LogP contribution in [0.25, 0.3) is 0 Å². The summed E-state index contributed by atoms with van der Waals surface area (Å²) < 4.78 is 26.1. The molecule has 0 spiro atoms. The molecule has 1 aliphatic rings. The maximum atomic E-state index is 13.0. The Hall–Kier alpha value is -1.74. The molecule has 2 atom stereocenters. The summed E-state index contributed by atoms with van der Waals surface area (Å²) in [4.78, 5) is 15.1. The Morgan fingerprint density at radius 2 is 1.92 bits per heavy atom. The number of carbonyl (C=O) groups is 1. The Bertz CT molecular complexity index is 878. The van der Waals surface area contributed by atoms with Gasteiger partial charge in [0.2, 0.25) is 10.0 Å². The highest BCUT2D eigenvalue weighted by molar-refractivity contribution is 7.89. The number of likely N-dealkylation sites (tertiary alicyclic amines) is 1. The van der Waals surface area contributed by atoms with E-state index in [-0.39, 0.29) is 27.5 Å². The van der Waals surface area contributed by atoms with Crippen molar-refractivity contribution < 1.29 is 13.2 Å². The zero-order valence-corrected chi connectivity index (χ0v) is 16.5. The highest BCUT2D eigenvalue weighted by atomic mass is 32.2. The molecule has 1 fully saturated rings. The van der Waals surface area contributed by atoms with Gasteiger partial charge in [0, 0.05) is 33.1 Å². The van der Waals surface area contributed by atoms with Gasteiger partial charge in [0.15, 0.2) is 0 Å². The van der Waals surface area contributed by atoms with Gasteiger partial charge in [-0.3, -0.25) is 4.79 Å². The first-order valence-corrected chi connectivity index (χ1v) is 10.7. The minimum Gasteiger partial charge on any atom is -0.337 e. The molecule has 0 aliphatic carbocycles. The van der Waals surface area contributed by atoms with Crippen molar-refractivity contribution in [3.8, 4) is 0 Å². The molecule has 2 N–H and O–H groups in total. The van der Waals surface area contributed by atoms with E-state index in [0.29, 0.717) is 19.6 Å². The van der Waals surface area contributed by atoms with Crippen molar-refractivity contribution in [1.29, 1.82) is 0 Å². The third kappa shape index (κ3) is 3.42. The largest absolute Gasteiger partial charge is 0.337 e. The number of nitrogens with zero attached hydrogens (tertiary/aromatic N) is 2. The van der Waals surface area contributed by atoms with Gasteiger partial charge in [-0.15, -0.1) is 11.3 Å². The molecule has 1 saturated heterocycles. The number of sulfonamides is 1. The lowest BCUT2D eigenvalue weighted by Crippen LogP contribution is -2.31. The Morgan fingerprint density at radius 1 is 1.23 bits per heavy atom. The van der Waals surface area contributed by atoms with Crippen molar-refractivity contribution in [2.45, 2.75) is 10.8 Å². The Kier molecular flexibility index (Phi) is 5.47. The van der Waals surface area contributed by atoms with Crippen LogP contribution in [0.4, 0.5) is 0 Å². The summed E-state index contributed by atoms with van der Waals surface area (Å²) in [6.07, 6.45) is 0. The topological polar surface area (TPSA) is 83.7 Å². The van der Waals surface area contributed by atoms with Gasteiger partial charge < -0.3 is 10.6 Å². The van der Waals surface area contributed by atoms with Crippen LogP contribution < -0.4 is 5.73 Å². The van der Waals surface area contributed by atoms with Gasteiger partial charge >= 0.3 is 0 Å². The van der Waals surface area contributed by atoms with Crippen LogP contribution in [0.3, 0.4) is 0 Å². The van der Waals surface area contributed by atoms with Crippen molar-refractivity contribution >= 4 is 27.3 Å². The van der Waals surface area contributed by atoms with Crippen molar-refractivity contribution in [3.63, 3.8) is 0 Å². The van der Waals surface area contributed by atoms with Crippen molar-refractivity contribution in [1.82, 2.24) is 9.21 Å². The number of carbonyl (C=O) groups excluding carboxylic acids is 1. The molecule has 0 unspecified atom stereocenters. The molecule has 140 valence electrons. The Labute approximate surface area is 158 Å². The fraction of sp³-hybridized carbons (Fsp3) is 0.389. The highest BCUT2D eigenvalue weighted by Gasteiger charge is 2.37. The summed E-state index contributed by atoms with van der Waals surface area (Å²) in [5.41, 5.74) is 7.10. The molecule has 0 saturated carbocycles. The molecule has 1 aliphatic heterocycles. The zero-order valence-electron chi connectivity index (χ0n) is 14.8. The fourth-order valence-corrected chi connectivity index (χ4v) is 5.61. The van der Waals surface area contributed by atoms with Crippen molar-refractivity contribution in [2.24, 2.45) is 11.7 Å². The molecule has 3 rings (SSSR count). The second-order valence-corrected chi connectivity index (χ2v) is 9.66. The van der Waals surface area contributed by atoms with E-state index in [2.05, 4.69) is 0 Å². The average Bonchev–Trinajstić information content (AvgIpc) is 3.29. The highest BCUT2D eigenvalue weighted by Crippen LogP contribution is 2.34. The second kappa shape index (κ2) is 7.48. The number of hydrogen-bond donors (Lipinski definition) is 1. The summed E-state index contributed by atoms with van der Waals surface area (Å²) in [5.74, 6) is 0.0894. The Balaban J connectivity index is 1.88. The molecule has 26 heavy (non-hydrogen) atoms. The monoisotopic (exact) mass is 393 g/mol. The maximum absolute atomic E-state index is 13.0. The van der Waals surface area contributed by atoms with Gasteiger partial charge in [-0.1, -0.05) is 30.3 Å². The van der Waals surface area contributed by atoms with E-state index in [1.807, 2.05) is 30.3 Å². The van der Waals surface area contributed by atoms with Gasteiger partial charge in [-0.25, -0.2) is 12.7 Å². The number of benzene rings is 1. The molecular formula is C18H23N3O3S2. The summed E-state index contributed by atoms with van der Waals surface area (Å²) >= 11 is 1.17. The first-order valence-electron chi connectivity index (χ1n) is 8.40. The van der Waals surface area contributed by atoms with Crippen molar-refractivity contribution in [3.05, 3.63) is 52.2 Å². The lowest BCUT2D eigenvalue weighted by Gasteiger charge is -2.18. The van der Waals surface area contributed by atoms with E-state index >= 15 is 0 Å². The predicted molar refractivity (Wildman–Crippen MR) is 103 cm³/mol. The molecular weight excluding hydrogens is 370 g/mol. The smallest absolute Gasteiger partial charge is 0.265 e. The molecule has 0 bridgehead atoms. The van der Waals surface area contributed by atoms with Crippen LogP contribution in [-0.4, -0.2) is 57.3 Å². The van der Waals surface area contributed by atoms with Gasteiger partial charge in [-0.05, 0) is 29.5 Å². The molecule has 6 nitrogen and oxygen atoms in total. The van der Waals surface area contributed by atoms with Crippen LogP contribution in [0.1, 0.15) is 21.2 Å². The van der Waals surface area contributed by atoms with E-state index < -0.39 is 10.0 Å². The van der Waals surface area contributed by atoms with E-state index in [9.17, 15) is 13.2 Å². The van der Waals surface area contributed by atoms with Crippen LogP contribution in [0.5, 0.6) is 0 Å². The molecule has 2 heterocycles. The fourth-order valence-electron chi connectivity index (χ4n) is 3.35. The molecule has 2 aromatic rings. The molecule has 0 radical (unpaired) electrons. The lowest BCUT2D eigenvalue weighted by atomic mass is 9.89. The number of rotatable bonds is 5. The zero-order chi connectivity index (χ0) is 18.9. The summed E-state index contributed by atoms with van der Waals surface area (Å²) in [6, 6.07) is 11.5. The first-order chi connectivity index (χ1) is 12.4. The molecule has 1 aromatic heterocycles. The van der Waals surface area contributed by atoms with Crippen LogP contribution >= 0.6 is 11.3 Å². The van der Waals surface area contributed by atoms with Gasteiger partial charge in [0.1, 0.15) is 9.77 Å². The van der Waals surface area contributed by atoms with Crippen LogP contribution in [0.15, 0.2) is 46.7 Å². The predicted octanol–water partition coefficient (Wildman–Crippen LogP) is 1.81. The summed E-state index contributed by atoms with van der Waals surface area (Å²) in [7, 11) is -0.721. The SMILES string of the molecule is CN(C)S(=O)(=O)c1ccsc1C(=O)N1C[C@@H](CN)[C@H](c2ccccc2)C1. The standard InChI is InChI=1S/C18H23N3O3S2/c1-20(2)26(23,24)16-8-9-25-17(16)18(22)21-11-14(10-19)15(12-21)13-6-4-3-5-7-13/h3-9,14-15H,10-12,19H2,1-2H3/t14-,15+/m1/s1. The van der Waals surface area contributed by atoms with E-state index in [4.69, 9.17) is 5.73 Å². The number of nitrogens with two attached hydrogens (primary N) is 1. The van der Waals surface area contributed by atoms with Gasteiger partial charge in [-0.2, -0.15) is 0 Å². The minimum atomic E-state index is -3.65. The van der Waals surface area contributed by atoms with E-state index in [0.717, 1.165) is 9.87 Å².